The number of nitro benzene ring substituents is 1. The zero-order valence-corrected chi connectivity index (χ0v) is 15.8. The van der Waals surface area contributed by atoms with Crippen LogP contribution in [0.25, 0.3) is 0 Å². The lowest BCUT2D eigenvalue weighted by atomic mass is 10.1. The van der Waals surface area contributed by atoms with Crippen molar-refractivity contribution in [1.29, 1.82) is 0 Å². The highest BCUT2D eigenvalue weighted by Gasteiger charge is 2.22. The van der Waals surface area contributed by atoms with Crippen LogP contribution in [0.4, 0.5) is 17.1 Å². The van der Waals surface area contributed by atoms with Gasteiger partial charge >= 0.3 is 0 Å². The lowest BCUT2D eigenvalue weighted by Gasteiger charge is -2.36. The van der Waals surface area contributed by atoms with Crippen LogP contribution in [0.5, 0.6) is 0 Å². The van der Waals surface area contributed by atoms with E-state index in [1.54, 1.807) is 30.9 Å². The standard InChI is InChI=1S/C20H22N4O4/c1-14-16(6-5-9-18(14)24(27)28)20(26)21-17-7-3-4-8-19(17)23-12-10-22(11-13-23)15(2)25/h3-9H,10-13H2,1-2H3,(H,21,26). The largest absolute Gasteiger partial charge is 0.366 e. The Balaban J connectivity index is 1.81. The molecule has 0 saturated carbocycles. The number of hydrogen-bond acceptors (Lipinski definition) is 5. The molecule has 146 valence electrons. The summed E-state index contributed by atoms with van der Waals surface area (Å²) in [5.41, 5.74) is 2.01. The van der Waals surface area contributed by atoms with Gasteiger partial charge in [-0.05, 0) is 25.1 Å². The third kappa shape index (κ3) is 3.95. The van der Waals surface area contributed by atoms with E-state index in [9.17, 15) is 19.7 Å². The summed E-state index contributed by atoms with van der Waals surface area (Å²) < 4.78 is 0. The van der Waals surface area contributed by atoms with Crippen molar-refractivity contribution in [3.63, 3.8) is 0 Å². The monoisotopic (exact) mass is 382 g/mol. The van der Waals surface area contributed by atoms with Crippen LogP contribution < -0.4 is 10.2 Å². The number of nitrogens with one attached hydrogen (secondary N) is 1. The van der Waals surface area contributed by atoms with Crippen molar-refractivity contribution in [2.24, 2.45) is 0 Å². The first-order valence-electron chi connectivity index (χ1n) is 9.03. The number of amides is 2. The maximum atomic E-state index is 12.8. The normalized spacial score (nSPS) is 13.9. The van der Waals surface area contributed by atoms with Crippen LogP contribution in [0.1, 0.15) is 22.8 Å². The van der Waals surface area contributed by atoms with Crippen molar-refractivity contribution in [1.82, 2.24) is 4.90 Å². The molecule has 0 spiro atoms. The molecule has 1 heterocycles. The van der Waals surface area contributed by atoms with E-state index >= 15 is 0 Å². The van der Waals surface area contributed by atoms with Gasteiger partial charge in [-0.2, -0.15) is 0 Å². The second-order valence-corrected chi connectivity index (χ2v) is 6.67. The van der Waals surface area contributed by atoms with Gasteiger partial charge in [0.2, 0.25) is 5.91 Å². The van der Waals surface area contributed by atoms with E-state index in [0.717, 1.165) is 5.69 Å². The quantitative estimate of drug-likeness (QED) is 0.648. The SMILES string of the molecule is CC(=O)N1CCN(c2ccccc2NC(=O)c2cccc([N+](=O)[O-])c2C)CC1. The van der Waals surface area contributed by atoms with Crippen molar-refractivity contribution >= 4 is 28.9 Å². The highest BCUT2D eigenvalue weighted by molar-refractivity contribution is 6.07. The first kappa shape index (κ1) is 19.3. The third-order valence-corrected chi connectivity index (χ3v) is 4.96. The molecule has 1 aliphatic heterocycles. The Kier molecular flexibility index (Phi) is 5.58. The van der Waals surface area contributed by atoms with Gasteiger partial charge in [-0.25, -0.2) is 0 Å². The highest BCUT2D eigenvalue weighted by atomic mass is 16.6. The Labute approximate surface area is 162 Å². The summed E-state index contributed by atoms with van der Waals surface area (Å²) in [6.07, 6.45) is 0. The van der Waals surface area contributed by atoms with Crippen molar-refractivity contribution in [2.45, 2.75) is 13.8 Å². The molecule has 0 bridgehead atoms. The molecule has 1 saturated heterocycles. The van der Waals surface area contributed by atoms with Crippen molar-refractivity contribution in [3.8, 4) is 0 Å². The molecule has 2 aromatic rings. The molecule has 8 nitrogen and oxygen atoms in total. The first-order valence-corrected chi connectivity index (χ1v) is 9.03. The molecule has 8 heteroatoms. The molecule has 1 N–H and O–H groups in total. The summed E-state index contributed by atoms with van der Waals surface area (Å²) in [7, 11) is 0. The number of anilines is 2. The number of carbonyl (C=O) groups excluding carboxylic acids is 2. The molecule has 2 aromatic carbocycles. The molecule has 0 unspecified atom stereocenters. The highest BCUT2D eigenvalue weighted by Crippen LogP contribution is 2.28. The van der Waals surface area contributed by atoms with Crippen LogP contribution in [-0.4, -0.2) is 47.8 Å². The van der Waals surface area contributed by atoms with Gasteiger partial charge in [0.1, 0.15) is 0 Å². The second-order valence-electron chi connectivity index (χ2n) is 6.67. The maximum Gasteiger partial charge on any atom is 0.273 e. The fourth-order valence-electron chi connectivity index (χ4n) is 3.37. The minimum Gasteiger partial charge on any atom is -0.366 e. The van der Waals surface area contributed by atoms with E-state index in [1.165, 1.54) is 12.1 Å². The summed E-state index contributed by atoms with van der Waals surface area (Å²) in [5.74, 6) is -0.335. The molecule has 1 aliphatic rings. The van der Waals surface area contributed by atoms with Crippen molar-refractivity contribution in [3.05, 3.63) is 63.7 Å². The average molecular weight is 382 g/mol. The summed E-state index contributed by atoms with van der Waals surface area (Å²) >= 11 is 0. The summed E-state index contributed by atoms with van der Waals surface area (Å²) in [6, 6.07) is 11.9. The fraction of sp³-hybridized carbons (Fsp3) is 0.300. The van der Waals surface area contributed by atoms with Gasteiger partial charge in [0.25, 0.3) is 11.6 Å². The molecule has 3 rings (SSSR count). The van der Waals surface area contributed by atoms with Gasteiger partial charge in [-0.3, -0.25) is 19.7 Å². The van der Waals surface area contributed by atoms with E-state index in [4.69, 9.17) is 0 Å². The number of benzene rings is 2. The Morgan fingerprint density at radius 1 is 1.04 bits per heavy atom. The van der Waals surface area contributed by atoms with E-state index in [0.29, 0.717) is 37.4 Å². The molecule has 28 heavy (non-hydrogen) atoms. The molecule has 0 aromatic heterocycles. The zero-order chi connectivity index (χ0) is 20.3. The van der Waals surface area contributed by atoms with Gasteiger partial charge < -0.3 is 15.1 Å². The van der Waals surface area contributed by atoms with E-state index < -0.39 is 10.8 Å². The Morgan fingerprint density at radius 3 is 2.36 bits per heavy atom. The lowest BCUT2D eigenvalue weighted by molar-refractivity contribution is -0.385. The van der Waals surface area contributed by atoms with Crippen molar-refractivity contribution in [2.75, 3.05) is 36.4 Å². The number of para-hydroxylation sites is 2. The van der Waals surface area contributed by atoms with Crippen LogP contribution >= 0.6 is 0 Å². The first-order chi connectivity index (χ1) is 13.4. The molecule has 2 amide bonds. The van der Waals surface area contributed by atoms with Gasteiger partial charge in [0.05, 0.1) is 16.3 Å². The van der Waals surface area contributed by atoms with Crippen molar-refractivity contribution < 1.29 is 14.5 Å². The molecule has 0 atom stereocenters. The third-order valence-electron chi connectivity index (χ3n) is 4.96. The number of nitro groups is 1. The molecule has 0 radical (unpaired) electrons. The minimum atomic E-state index is -0.492. The summed E-state index contributed by atoms with van der Waals surface area (Å²) in [6.45, 7) is 5.72. The predicted octanol–water partition coefficient (Wildman–Crippen LogP) is 2.82. The zero-order valence-electron chi connectivity index (χ0n) is 15.8. The number of piperazine rings is 1. The number of hydrogen-bond donors (Lipinski definition) is 1. The minimum absolute atomic E-state index is 0.0578. The summed E-state index contributed by atoms with van der Waals surface area (Å²) in [5, 5.41) is 14.0. The van der Waals surface area contributed by atoms with Crippen LogP contribution in [0.3, 0.4) is 0 Å². The van der Waals surface area contributed by atoms with Gasteiger partial charge in [-0.15, -0.1) is 0 Å². The maximum absolute atomic E-state index is 12.8. The van der Waals surface area contributed by atoms with Gasteiger partial charge in [0.15, 0.2) is 0 Å². The summed E-state index contributed by atoms with van der Waals surface area (Å²) in [4.78, 5) is 38.9. The topological polar surface area (TPSA) is 95.8 Å². The Morgan fingerprint density at radius 2 is 1.71 bits per heavy atom. The average Bonchev–Trinajstić information content (AvgIpc) is 2.68. The van der Waals surface area contributed by atoms with Gasteiger partial charge in [-0.1, -0.05) is 18.2 Å². The lowest BCUT2D eigenvalue weighted by Crippen LogP contribution is -2.48. The predicted molar refractivity (Wildman–Crippen MR) is 107 cm³/mol. The van der Waals surface area contributed by atoms with E-state index in [2.05, 4.69) is 10.2 Å². The number of nitrogens with zero attached hydrogens (tertiary/aromatic N) is 3. The number of rotatable bonds is 4. The fourth-order valence-corrected chi connectivity index (χ4v) is 3.37. The Bertz CT molecular complexity index is 920. The van der Waals surface area contributed by atoms with Crippen LogP contribution in [-0.2, 0) is 4.79 Å². The van der Waals surface area contributed by atoms with Crippen LogP contribution in [0.2, 0.25) is 0 Å². The smallest absolute Gasteiger partial charge is 0.273 e. The number of carbonyl (C=O) groups is 2. The van der Waals surface area contributed by atoms with E-state index in [1.807, 2.05) is 18.2 Å². The molecular weight excluding hydrogens is 360 g/mol. The van der Waals surface area contributed by atoms with Gasteiger partial charge in [0, 0.05) is 50.3 Å². The van der Waals surface area contributed by atoms with Crippen LogP contribution in [0.15, 0.2) is 42.5 Å². The van der Waals surface area contributed by atoms with E-state index in [-0.39, 0.29) is 17.2 Å². The molecule has 0 aliphatic carbocycles. The van der Waals surface area contributed by atoms with Crippen LogP contribution in [0, 0.1) is 17.0 Å². The molecular formula is C20H22N4O4. The second kappa shape index (κ2) is 8.08. The Hall–Kier alpha value is -3.42. The molecule has 1 fully saturated rings.